The summed E-state index contributed by atoms with van der Waals surface area (Å²) in [6.45, 7) is 0.643. The van der Waals surface area contributed by atoms with E-state index in [4.69, 9.17) is 0 Å². The van der Waals surface area contributed by atoms with E-state index in [1.54, 1.807) is 33.6 Å². The van der Waals surface area contributed by atoms with E-state index in [2.05, 4.69) is 15.9 Å². The largest absolute Gasteiger partial charge is 0.337 e. The van der Waals surface area contributed by atoms with Gasteiger partial charge in [-0.3, -0.25) is 4.79 Å². The van der Waals surface area contributed by atoms with Crippen molar-refractivity contribution >= 4 is 50.6 Å². The van der Waals surface area contributed by atoms with Crippen LogP contribution in [0.25, 0.3) is 6.08 Å². The molecule has 18 heavy (non-hydrogen) atoms. The van der Waals surface area contributed by atoms with Crippen molar-refractivity contribution in [3.63, 3.8) is 0 Å². The molecule has 0 aliphatic heterocycles. The van der Waals surface area contributed by atoms with Crippen LogP contribution in [-0.4, -0.2) is 17.9 Å². The first kappa shape index (κ1) is 13.5. The van der Waals surface area contributed by atoms with Crippen LogP contribution < -0.4 is 0 Å². The van der Waals surface area contributed by atoms with E-state index in [1.165, 1.54) is 4.88 Å². The molecule has 0 saturated heterocycles. The fourth-order valence-electron chi connectivity index (χ4n) is 1.42. The Morgan fingerprint density at radius 1 is 1.44 bits per heavy atom. The molecule has 2 aromatic rings. The van der Waals surface area contributed by atoms with Gasteiger partial charge in [-0.15, -0.1) is 22.7 Å². The van der Waals surface area contributed by atoms with Crippen molar-refractivity contribution < 1.29 is 4.79 Å². The molecule has 0 saturated carbocycles. The molecular formula is C13H12BrNOS2. The van der Waals surface area contributed by atoms with Crippen molar-refractivity contribution in [3.8, 4) is 0 Å². The lowest BCUT2D eigenvalue weighted by Crippen LogP contribution is -2.23. The van der Waals surface area contributed by atoms with E-state index in [0.29, 0.717) is 6.54 Å². The third-order valence-electron chi connectivity index (χ3n) is 2.33. The number of nitrogens with zero attached hydrogens (tertiary/aromatic N) is 1. The highest BCUT2D eigenvalue weighted by molar-refractivity contribution is 9.11. The van der Waals surface area contributed by atoms with E-state index in [-0.39, 0.29) is 5.91 Å². The first-order valence-electron chi connectivity index (χ1n) is 5.36. The maximum Gasteiger partial charge on any atom is 0.246 e. The van der Waals surface area contributed by atoms with E-state index < -0.39 is 0 Å². The van der Waals surface area contributed by atoms with Crippen LogP contribution in [0.4, 0.5) is 0 Å². The maximum absolute atomic E-state index is 11.9. The zero-order chi connectivity index (χ0) is 13.0. The van der Waals surface area contributed by atoms with Crippen LogP contribution >= 0.6 is 38.6 Å². The number of likely N-dealkylation sites (N-methyl/N-ethyl adjacent to an activating group) is 1. The second-order valence-electron chi connectivity index (χ2n) is 3.75. The van der Waals surface area contributed by atoms with Gasteiger partial charge in [-0.25, -0.2) is 0 Å². The molecule has 0 fully saturated rings. The SMILES string of the molecule is CN(Cc1ccc(Br)s1)C(=O)C=Cc1cccs1. The van der Waals surface area contributed by atoms with Gasteiger partial charge in [-0.1, -0.05) is 6.07 Å². The summed E-state index contributed by atoms with van der Waals surface area (Å²) >= 11 is 6.69. The molecule has 0 aliphatic rings. The molecule has 94 valence electrons. The predicted molar refractivity (Wildman–Crippen MR) is 81.8 cm³/mol. The van der Waals surface area contributed by atoms with Crippen LogP contribution in [0, 0.1) is 0 Å². The summed E-state index contributed by atoms with van der Waals surface area (Å²) in [5.74, 6) is 0.0212. The molecule has 0 radical (unpaired) electrons. The highest BCUT2D eigenvalue weighted by Gasteiger charge is 2.07. The topological polar surface area (TPSA) is 20.3 Å². The summed E-state index contributed by atoms with van der Waals surface area (Å²) in [5.41, 5.74) is 0. The molecule has 1 amide bonds. The quantitative estimate of drug-likeness (QED) is 0.761. The Morgan fingerprint density at radius 2 is 2.28 bits per heavy atom. The molecule has 0 N–H and O–H groups in total. The lowest BCUT2D eigenvalue weighted by molar-refractivity contribution is -0.125. The lowest BCUT2D eigenvalue weighted by atomic mass is 10.3. The predicted octanol–water partition coefficient (Wildman–Crippen LogP) is 4.24. The van der Waals surface area contributed by atoms with Crippen molar-refractivity contribution in [2.24, 2.45) is 0 Å². The monoisotopic (exact) mass is 341 g/mol. The van der Waals surface area contributed by atoms with Gasteiger partial charge >= 0.3 is 0 Å². The normalized spacial score (nSPS) is 11.0. The zero-order valence-electron chi connectivity index (χ0n) is 9.80. The molecule has 2 nitrogen and oxygen atoms in total. The number of carbonyl (C=O) groups excluding carboxylic acids is 1. The minimum absolute atomic E-state index is 0.0212. The molecule has 0 spiro atoms. The first-order valence-corrected chi connectivity index (χ1v) is 7.85. The van der Waals surface area contributed by atoms with Crippen molar-refractivity contribution in [1.29, 1.82) is 0 Å². The summed E-state index contributed by atoms with van der Waals surface area (Å²) in [7, 11) is 1.81. The van der Waals surface area contributed by atoms with Gasteiger partial charge in [0.05, 0.1) is 10.3 Å². The number of amides is 1. The van der Waals surface area contributed by atoms with Crippen molar-refractivity contribution in [2.75, 3.05) is 7.05 Å². The standard InChI is InChI=1S/C13H12BrNOS2/c1-15(9-11-4-6-12(14)18-11)13(16)7-5-10-3-2-8-17-10/h2-8H,9H2,1H3. The number of carbonyl (C=O) groups is 1. The highest BCUT2D eigenvalue weighted by atomic mass is 79.9. The summed E-state index contributed by atoms with van der Waals surface area (Å²) < 4.78 is 1.09. The molecule has 0 aliphatic carbocycles. The summed E-state index contributed by atoms with van der Waals surface area (Å²) in [6.07, 6.45) is 3.47. The van der Waals surface area contributed by atoms with Gasteiger partial charge < -0.3 is 4.90 Å². The molecule has 2 aromatic heterocycles. The van der Waals surface area contributed by atoms with Crippen LogP contribution in [-0.2, 0) is 11.3 Å². The second kappa shape index (κ2) is 6.31. The Balaban J connectivity index is 1.92. The third-order valence-corrected chi connectivity index (χ3v) is 4.78. The molecule has 0 atom stereocenters. The number of rotatable bonds is 4. The minimum atomic E-state index is 0.0212. The van der Waals surface area contributed by atoms with Gasteiger partial charge in [-0.2, -0.15) is 0 Å². The number of halogens is 1. The van der Waals surface area contributed by atoms with Crippen LogP contribution in [0.1, 0.15) is 9.75 Å². The lowest BCUT2D eigenvalue weighted by Gasteiger charge is -2.13. The van der Waals surface area contributed by atoms with Crippen molar-refractivity contribution in [1.82, 2.24) is 4.90 Å². The van der Waals surface area contributed by atoms with E-state index >= 15 is 0 Å². The van der Waals surface area contributed by atoms with E-state index in [1.807, 2.05) is 42.8 Å². The van der Waals surface area contributed by atoms with Gasteiger partial charge in [0.15, 0.2) is 0 Å². The van der Waals surface area contributed by atoms with E-state index in [0.717, 1.165) is 8.66 Å². The van der Waals surface area contributed by atoms with Gasteiger partial charge in [0.1, 0.15) is 0 Å². The van der Waals surface area contributed by atoms with Crippen molar-refractivity contribution in [2.45, 2.75) is 6.54 Å². The maximum atomic E-state index is 11.9. The Hall–Kier alpha value is -0.910. The minimum Gasteiger partial charge on any atom is -0.337 e. The molecule has 2 heterocycles. The first-order chi connectivity index (χ1) is 8.65. The fourth-order valence-corrected chi connectivity index (χ4v) is 3.57. The summed E-state index contributed by atoms with van der Waals surface area (Å²) in [5, 5.41) is 2.00. The highest BCUT2D eigenvalue weighted by Crippen LogP contribution is 2.23. The molecule has 0 bridgehead atoms. The van der Waals surface area contributed by atoms with E-state index in [9.17, 15) is 4.79 Å². The summed E-state index contributed by atoms with van der Waals surface area (Å²) in [4.78, 5) is 15.9. The van der Waals surface area contributed by atoms with Gasteiger partial charge in [-0.05, 0) is 45.6 Å². The Bertz CT molecular complexity index is 545. The molecule has 0 aromatic carbocycles. The van der Waals surface area contributed by atoms with Crippen LogP contribution in [0.5, 0.6) is 0 Å². The fraction of sp³-hybridized carbons (Fsp3) is 0.154. The Kier molecular flexibility index (Phi) is 4.74. The average molecular weight is 342 g/mol. The van der Waals surface area contributed by atoms with Gasteiger partial charge in [0.2, 0.25) is 5.91 Å². The zero-order valence-corrected chi connectivity index (χ0v) is 13.0. The average Bonchev–Trinajstić information content (AvgIpc) is 2.97. The third kappa shape index (κ3) is 3.80. The van der Waals surface area contributed by atoms with Crippen LogP contribution in [0.2, 0.25) is 0 Å². The van der Waals surface area contributed by atoms with Gasteiger partial charge in [0.25, 0.3) is 0 Å². The van der Waals surface area contributed by atoms with Crippen molar-refractivity contribution in [3.05, 3.63) is 49.3 Å². The molecule has 5 heteroatoms. The summed E-state index contributed by atoms with van der Waals surface area (Å²) in [6, 6.07) is 7.99. The smallest absolute Gasteiger partial charge is 0.246 e. The van der Waals surface area contributed by atoms with Crippen LogP contribution in [0.15, 0.2) is 39.5 Å². The molecular weight excluding hydrogens is 330 g/mol. The Labute approximate surface area is 123 Å². The second-order valence-corrected chi connectivity index (χ2v) is 7.28. The number of hydrogen-bond donors (Lipinski definition) is 0. The number of thiophene rings is 2. The Morgan fingerprint density at radius 3 is 2.89 bits per heavy atom. The molecule has 2 rings (SSSR count). The van der Waals surface area contributed by atoms with Crippen LogP contribution in [0.3, 0.4) is 0 Å². The molecule has 0 unspecified atom stereocenters. The van der Waals surface area contributed by atoms with Gasteiger partial charge in [0, 0.05) is 22.9 Å². The number of hydrogen-bond acceptors (Lipinski definition) is 3.